The number of amides is 1. The normalized spacial score (nSPS) is 25.2. The lowest BCUT2D eigenvalue weighted by molar-refractivity contribution is -0.155. The maximum atomic E-state index is 12.1. The van der Waals surface area contributed by atoms with Crippen LogP contribution >= 0.6 is 0 Å². The summed E-state index contributed by atoms with van der Waals surface area (Å²) in [6.45, 7) is 1.89. The SMILES string of the molecule is CC1CCCC(OCC(=O)OCC(=O)NC2CCCc3ccccc32)C1. The molecule has 0 aliphatic heterocycles. The number of aryl methyl sites for hydroxylation is 1. The van der Waals surface area contributed by atoms with Gasteiger partial charge in [-0.3, -0.25) is 4.79 Å². The van der Waals surface area contributed by atoms with Gasteiger partial charge >= 0.3 is 5.97 Å². The summed E-state index contributed by atoms with van der Waals surface area (Å²) in [5, 5.41) is 2.98. The van der Waals surface area contributed by atoms with Gasteiger partial charge in [-0.1, -0.05) is 44.0 Å². The summed E-state index contributed by atoms with van der Waals surface area (Å²) in [6.07, 6.45) is 7.53. The first-order valence-corrected chi connectivity index (χ1v) is 9.76. The summed E-state index contributed by atoms with van der Waals surface area (Å²) >= 11 is 0. The monoisotopic (exact) mass is 359 g/mol. The Morgan fingerprint density at radius 1 is 1.12 bits per heavy atom. The molecule has 5 heteroatoms. The van der Waals surface area contributed by atoms with Gasteiger partial charge in [0.05, 0.1) is 12.1 Å². The van der Waals surface area contributed by atoms with Crippen molar-refractivity contribution in [3.8, 4) is 0 Å². The maximum Gasteiger partial charge on any atom is 0.332 e. The summed E-state index contributed by atoms with van der Waals surface area (Å²) in [5.41, 5.74) is 2.46. The van der Waals surface area contributed by atoms with Crippen LogP contribution in [0.25, 0.3) is 0 Å². The largest absolute Gasteiger partial charge is 0.454 e. The van der Waals surface area contributed by atoms with Crippen molar-refractivity contribution in [2.75, 3.05) is 13.2 Å². The molecule has 0 radical (unpaired) electrons. The molecule has 3 rings (SSSR count). The molecule has 0 spiro atoms. The zero-order chi connectivity index (χ0) is 18.4. The first-order chi connectivity index (χ1) is 12.6. The van der Waals surface area contributed by atoms with E-state index in [0.29, 0.717) is 5.92 Å². The molecule has 5 nitrogen and oxygen atoms in total. The highest BCUT2D eigenvalue weighted by Crippen LogP contribution is 2.29. The van der Waals surface area contributed by atoms with Crippen LogP contribution in [0.2, 0.25) is 0 Å². The molecule has 0 bridgehead atoms. The third kappa shape index (κ3) is 5.31. The predicted octanol–water partition coefficient (Wildman–Crippen LogP) is 3.32. The molecular weight excluding hydrogens is 330 g/mol. The molecule has 1 fully saturated rings. The maximum absolute atomic E-state index is 12.1. The zero-order valence-corrected chi connectivity index (χ0v) is 15.5. The standard InChI is InChI=1S/C21H29NO4/c1-15-6-4-9-17(12-15)25-14-21(24)26-13-20(23)22-19-11-5-8-16-7-2-3-10-18(16)19/h2-3,7,10,15,17,19H,4-6,8-9,11-14H2,1H3,(H,22,23). The van der Waals surface area contributed by atoms with Gasteiger partial charge in [-0.05, 0) is 49.1 Å². The van der Waals surface area contributed by atoms with E-state index in [1.54, 1.807) is 0 Å². The van der Waals surface area contributed by atoms with Gasteiger partial charge in [0.1, 0.15) is 6.61 Å². The van der Waals surface area contributed by atoms with Crippen LogP contribution in [-0.4, -0.2) is 31.2 Å². The summed E-state index contributed by atoms with van der Waals surface area (Å²) in [6, 6.07) is 8.19. The minimum atomic E-state index is -0.470. The molecule has 1 amide bonds. The van der Waals surface area contributed by atoms with Crippen LogP contribution < -0.4 is 5.32 Å². The highest BCUT2D eigenvalue weighted by atomic mass is 16.6. The number of hydrogen-bond donors (Lipinski definition) is 1. The summed E-state index contributed by atoms with van der Waals surface area (Å²) in [5.74, 6) is -0.0809. The second-order valence-corrected chi connectivity index (χ2v) is 7.58. The quantitative estimate of drug-likeness (QED) is 0.792. The minimum Gasteiger partial charge on any atom is -0.454 e. The smallest absolute Gasteiger partial charge is 0.332 e. The molecule has 142 valence electrons. The van der Waals surface area contributed by atoms with Gasteiger partial charge < -0.3 is 14.8 Å². The predicted molar refractivity (Wildman–Crippen MR) is 98.6 cm³/mol. The number of rotatable bonds is 6. The van der Waals surface area contributed by atoms with E-state index in [0.717, 1.165) is 38.5 Å². The van der Waals surface area contributed by atoms with Gasteiger partial charge in [-0.2, -0.15) is 0 Å². The zero-order valence-electron chi connectivity index (χ0n) is 15.5. The molecule has 3 unspecified atom stereocenters. The summed E-state index contributed by atoms with van der Waals surface area (Å²) in [4.78, 5) is 24.0. The second-order valence-electron chi connectivity index (χ2n) is 7.58. The van der Waals surface area contributed by atoms with Crippen LogP contribution in [0.5, 0.6) is 0 Å². The molecule has 26 heavy (non-hydrogen) atoms. The molecule has 0 heterocycles. The van der Waals surface area contributed by atoms with E-state index in [2.05, 4.69) is 24.4 Å². The summed E-state index contributed by atoms with van der Waals surface area (Å²) < 4.78 is 10.7. The number of carbonyl (C=O) groups is 2. The van der Waals surface area contributed by atoms with Crippen molar-refractivity contribution in [1.82, 2.24) is 5.32 Å². The van der Waals surface area contributed by atoms with Crippen molar-refractivity contribution in [2.24, 2.45) is 5.92 Å². The number of carbonyl (C=O) groups excluding carboxylic acids is 2. The number of benzene rings is 1. The molecule has 3 atom stereocenters. The topological polar surface area (TPSA) is 64.6 Å². The van der Waals surface area contributed by atoms with E-state index < -0.39 is 5.97 Å². The first kappa shape index (κ1) is 18.9. The summed E-state index contributed by atoms with van der Waals surface area (Å²) in [7, 11) is 0. The van der Waals surface area contributed by atoms with Crippen LogP contribution in [0, 0.1) is 5.92 Å². The minimum absolute atomic E-state index is 0.00567. The molecule has 1 N–H and O–H groups in total. The van der Waals surface area contributed by atoms with Crippen LogP contribution in [0.1, 0.15) is 62.6 Å². The van der Waals surface area contributed by atoms with Gasteiger partial charge in [0.25, 0.3) is 5.91 Å². The lowest BCUT2D eigenvalue weighted by atomic mass is 9.88. The van der Waals surface area contributed by atoms with Crippen molar-refractivity contribution >= 4 is 11.9 Å². The second kappa shape index (κ2) is 9.17. The molecule has 1 aromatic rings. The van der Waals surface area contributed by atoms with Crippen LogP contribution in [-0.2, 0) is 25.5 Å². The molecule has 1 saturated carbocycles. The molecule has 1 aromatic carbocycles. The van der Waals surface area contributed by atoms with Crippen molar-refractivity contribution in [3.63, 3.8) is 0 Å². The van der Waals surface area contributed by atoms with Crippen LogP contribution in [0.4, 0.5) is 0 Å². The Labute approximate surface area is 155 Å². The van der Waals surface area contributed by atoms with E-state index in [1.165, 1.54) is 17.5 Å². The number of ether oxygens (including phenoxy) is 2. The fourth-order valence-corrected chi connectivity index (χ4v) is 4.04. The highest BCUT2D eigenvalue weighted by molar-refractivity contribution is 5.81. The Morgan fingerprint density at radius 2 is 1.96 bits per heavy atom. The number of hydrogen-bond acceptors (Lipinski definition) is 4. The van der Waals surface area contributed by atoms with E-state index in [1.807, 2.05) is 12.1 Å². The van der Waals surface area contributed by atoms with Crippen LogP contribution in [0.15, 0.2) is 24.3 Å². The van der Waals surface area contributed by atoms with Crippen molar-refractivity contribution in [2.45, 2.75) is 64.0 Å². The highest BCUT2D eigenvalue weighted by Gasteiger charge is 2.23. The molecular formula is C21H29NO4. The van der Waals surface area contributed by atoms with E-state index >= 15 is 0 Å². The van der Waals surface area contributed by atoms with E-state index in [-0.39, 0.29) is 31.3 Å². The number of nitrogens with one attached hydrogen (secondary N) is 1. The Kier molecular flexibility index (Phi) is 6.67. The lowest BCUT2D eigenvalue weighted by Crippen LogP contribution is -2.34. The fraction of sp³-hybridized carbons (Fsp3) is 0.619. The third-order valence-electron chi connectivity index (χ3n) is 5.39. The third-order valence-corrected chi connectivity index (χ3v) is 5.39. The van der Waals surface area contributed by atoms with E-state index in [4.69, 9.17) is 9.47 Å². The lowest BCUT2D eigenvalue weighted by Gasteiger charge is -2.26. The van der Waals surface area contributed by atoms with Gasteiger partial charge in [-0.25, -0.2) is 4.79 Å². The van der Waals surface area contributed by atoms with Gasteiger partial charge in [0.2, 0.25) is 0 Å². The van der Waals surface area contributed by atoms with Gasteiger partial charge in [0, 0.05) is 0 Å². The van der Waals surface area contributed by atoms with Gasteiger partial charge in [-0.15, -0.1) is 0 Å². The van der Waals surface area contributed by atoms with Crippen LogP contribution in [0.3, 0.4) is 0 Å². The van der Waals surface area contributed by atoms with Crippen molar-refractivity contribution < 1.29 is 19.1 Å². The molecule has 2 aliphatic rings. The Balaban J connectivity index is 1.38. The Hall–Kier alpha value is -1.88. The molecule has 2 aliphatic carbocycles. The number of fused-ring (bicyclic) bond motifs is 1. The molecule has 0 saturated heterocycles. The fourth-order valence-electron chi connectivity index (χ4n) is 4.04. The Bertz CT molecular complexity index is 630. The van der Waals surface area contributed by atoms with Crippen molar-refractivity contribution in [1.29, 1.82) is 0 Å². The average molecular weight is 359 g/mol. The van der Waals surface area contributed by atoms with E-state index in [9.17, 15) is 9.59 Å². The first-order valence-electron chi connectivity index (χ1n) is 9.76. The average Bonchev–Trinajstić information content (AvgIpc) is 2.65. The van der Waals surface area contributed by atoms with Gasteiger partial charge in [0.15, 0.2) is 6.61 Å². The van der Waals surface area contributed by atoms with Crippen molar-refractivity contribution in [3.05, 3.63) is 35.4 Å². The Morgan fingerprint density at radius 3 is 2.81 bits per heavy atom. The number of esters is 1. The molecule has 0 aromatic heterocycles.